The Bertz CT molecular complexity index is 246. The number of hydrogen-bond donors (Lipinski definition) is 1. The van der Waals surface area contributed by atoms with Crippen LogP contribution in [0.1, 0.15) is 6.92 Å². The topological polar surface area (TPSA) is 15.3 Å². The van der Waals surface area contributed by atoms with E-state index in [2.05, 4.69) is 12.3 Å². The number of hydrogen-bond acceptors (Lipinski definition) is 2. The summed E-state index contributed by atoms with van der Waals surface area (Å²) >= 11 is 5.85. The van der Waals surface area contributed by atoms with E-state index in [9.17, 15) is 0 Å². The molecule has 0 spiro atoms. The zero-order chi connectivity index (χ0) is 8.97. The molecule has 66 valence electrons. The van der Waals surface area contributed by atoms with Crippen molar-refractivity contribution in [2.75, 3.05) is 18.6 Å². The third kappa shape index (κ3) is 2.13. The van der Waals surface area contributed by atoms with E-state index in [1.165, 1.54) is 0 Å². The number of anilines is 1. The van der Waals surface area contributed by atoms with E-state index < -0.39 is 0 Å². The smallest absolute Gasteiger partial charge is 0.0534 e. The van der Waals surface area contributed by atoms with Gasteiger partial charge in [-0.25, -0.2) is 5.43 Å². The lowest BCUT2D eigenvalue weighted by Gasteiger charge is -2.21. The zero-order valence-corrected chi connectivity index (χ0v) is 8.10. The highest BCUT2D eigenvalue weighted by Crippen LogP contribution is 2.17. The van der Waals surface area contributed by atoms with Crippen molar-refractivity contribution < 1.29 is 0 Å². The standard InChI is InChI=1S/C9H13ClN2/c1-3-12(11-2)9-6-4-5-8(10)7-9/h4-7,11H,3H2,1-2H3. The summed E-state index contributed by atoms with van der Waals surface area (Å²) in [5, 5.41) is 2.78. The SMILES string of the molecule is CCN(NC)c1cccc(Cl)c1. The summed E-state index contributed by atoms with van der Waals surface area (Å²) in [4.78, 5) is 0. The minimum absolute atomic E-state index is 0.765. The molecule has 0 fully saturated rings. The summed E-state index contributed by atoms with van der Waals surface area (Å²) in [7, 11) is 1.89. The van der Waals surface area contributed by atoms with Crippen molar-refractivity contribution in [3.8, 4) is 0 Å². The van der Waals surface area contributed by atoms with E-state index in [0.717, 1.165) is 17.3 Å². The number of hydrazine groups is 1. The lowest BCUT2D eigenvalue weighted by molar-refractivity contribution is 0.727. The van der Waals surface area contributed by atoms with Gasteiger partial charge in [0.2, 0.25) is 0 Å². The fourth-order valence-electron chi connectivity index (χ4n) is 1.11. The molecule has 0 atom stereocenters. The number of benzene rings is 1. The van der Waals surface area contributed by atoms with Crippen molar-refractivity contribution in [2.45, 2.75) is 6.92 Å². The Morgan fingerprint density at radius 3 is 2.75 bits per heavy atom. The van der Waals surface area contributed by atoms with Crippen LogP contribution in [0.4, 0.5) is 5.69 Å². The van der Waals surface area contributed by atoms with E-state index in [-0.39, 0.29) is 0 Å². The summed E-state index contributed by atoms with van der Waals surface area (Å²) in [6, 6.07) is 7.76. The lowest BCUT2D eigenvalue weighted by atomic mass is 10.3. The van der Waals surface area contributed by atoms with E-state index in [4.69, 9.17) is 11.6 Å². The second kappa shape index (κ2) is 4.33. The quantitative estimate of drug-likeness (QED) is 0.726. The van der Waals surface area contributed by atoms with Crippen LogP contribution in [0.2, 0.25) is 5.02 Å². The van der Waals surface area contributed by atoms with Crippen LogP contribution in [0.5, 0.6) is 0 Å². The van der Waals surface area contributed by atoms with E-state index in [0.29, 0.717) is 0 Å². The van der Waals surface area contributed by atoms with Gasteiger partial charge in [-0.3, -0.25) is 0 Å². The molecule has 0 saturated heterocycles. The Labute approximate surface area is 78.1 Å². The Kier molecular flexibility index (Phi) is 3.38. The maximum Gasteiger partial charge on any atom is 0.0534 e. The molecule has 0 saturated carbocycles. The van der Waals surface area contributed by atoms with Crippen LogP contribution in [0.25, 0.3) is 0 Å². The highest BCUT2D eigenvalue weighted by Gasteiger charge is 2.00. The van der Waals surface area contributed by atoms with Gasteiger partial charge in [0.25, 0.3) is 0 Å². The van der Waals surface area contributed by atoms with Crippen LogP contribution in [0.15, 0.2) is 24.3 Å². The van der Waals surface area contributed by atoms with E-state index in [1.807, 2.05) is 36.3 Å². The Morgan fingerprint density at radius 2 is 2.25 bits per heavy atom. The van der Waals surface area contributed by atoms with Gasteiger partial charge in [-0.05, 0) is 25.1 Å². The Hall–Kier alpha value is -0.730. The van der Waals surface area contributed by atoms with Gasteiger partial charge in [0.15, 0.2) is 0 Å². The van der Waals surface area contributed by atoms with Gasteiger partial charge in [-0.1, -0.05) is 17.7 Å². The van der Waals surface area contributed by atoms with Gasteiger partial charge in [0, 0.05) is 18.6 Å². The van der Waals surface area contributed by atoms with Gasteiger partial charge >= 0.3 is 0 Å². The first kappa shape index (κ1) is 9.36. The number of rotatable bonds is 3. The highest BCUT2D eigenvalue weighted by atomic mass is 35.5. The highest BCUT2D eigenvalue weighted by molar-refractivity contribution is 6.30. The largest absolute Gasteiger partial charge is 0.309 e. The average Bonchev–Trinajstić information content (AvgIpc) is 2.07. The third-order valence-corrected chi connectivity index (χ3v) is 1.94. The molecule has 0 aliphatic carbocycles. The minimum atomic E-state index is 0.765. The summed E-state index contributed by atoms with van der Waals surface area (Å²) in [5.41, 5.74) is 4.16. The predicted molar refractivity (Wildman–Crippen MR) is 53.5 cm³/mol. The van der Waals surface area contributed by atoms with E-state index >= 15 is 0 Å². The second-order valence-corrected chi connectivity index (χ2v) is 2.88. The molecular weight excluding hydrogens is 172 g/mol. The van der Waals surface area contributed by atoms with Crippen molar-refractivity contribution in [3.05, 3.63) is 29.3 Å². The summed E-state index contributed by atoms with van der Waals surface area (Å²) in [6.45, 7) is 2.99. The van der Waals surface area contributed by atoms with Crippen molar-refractivity contribution in [1.29, 1.82) is 0 Å². The van der Waals surface area contributed by atoms with Crippen LogP contribution in [0, 0.1) is 0 Å². The van der Waals surface area contributed by atoms with Crippen molar-refractivity contribution in [3.63, 3.8) is 0 Å². The molecular formula is C9H13ClN2. The molecule has 1 rings (SSSR count). The minimum Gasteiger partial charge on any atom is -0.309 e. The maximum absolute atomic E-state index is 5.85. The predicted octanol–water partition coefficient (Wildman–Crippen LogP) is 2.30. The zero-order valence-electron chi connectivity index (χ0n) is 7.34. The number of halogens is 1. The Balaban J connectivity index is 2.85. The molecule has 0 aliphatic rings. The molecule has 1 N–H and O–H groups in total. The van der Waals surface area contributed by atoms with Crippen LogP contribution in [-0.4, -0.2) is 13.6 Å². The summed E-state index contributed by atoms with van der Waals surface area (Å²) in [5.74, 6) is 0. The molecule has 0 unspecified atom stereocenters. The molecule has 12 heavy (non-hydrogen) atoms. The van der Waals surface area contributed by atoms with Gasteiger partial charge in [0.05, 0.1) is 5.69 Å². The first-order chi connectivity index (χ1) is 5.77. The monoisotopic (exact) mass is 184 g/mol. The summed E-state index contributed by atoms with van der Waals surface area (Å²) in [6.07, 6.45) is 0. The first-order valence-corrected chi connectivity index (χ1v) is 4.36. The second-order valence-electron chi connectivity index (χ2n) is 2.45. The molecule has 0 aromatic heterocycles. The molecule has 1 aromatic carbocycles. The van der Waals surface area contributed by atoms with Crippen LogP contribution >= 0.6 is 11.6 Å². The normalized spacial score (nSPS) is 9.92. The third-order valence-electron chi connectivity index (χ3n) is 1.71. The maximum atomic E-state index is 5.85. The summed E-state index contributed by atoms with van der Waals surface area (Å²) < 4.78 is 0. The van der Waals surface area contributed by atoms with Crippen LogP contribution in [0.3, 0.4) is 0 Å². The fraction of sp³-hybridized carbons (Fsp3) is 0.333. The van der Waals surface area contributed by atoms with Crippen LogP contribution < -0.4 is 10.4 Å². The molecule has 0 heterocycles. The number of nitrogens with zero attached hydrogens (tertiary/aromatic N) is 1. The Morgan fingerprint density at radius 1 is 1.50 bits per heavy atom. The molecule has 0 amide bonds. The average molecular weight is 185 g/mol. The molecule has 0 aliphatic heterocycles. The van der Waals surface area contributed by atoms with Gasteiger partial charge in [-0.15, -0.1) is 0 Å². The van der Waals surface area contributed by atoms with E-state index in [1.54, 1.807) is 0 Å². The van der Waals surface area contributed by atoms with Gasteiger partial charge in [-0.2, -0.15) is 0 Å². The van der Waals surface area contributed by atoms with Crippen molar-refractivity contribution >= 4 is 17.3 Å². The van der Waals surface area contributed by atoms with Gasteiger partial charge in [0.1, 0.15) is 0 Å². The molecule has 2 nitrogen and oxygen atoms in total. The first-order valence-electron chi connectivity index (χ1n) is 3.98. The lowest BCUT2D eigenvalue weighted by Crippen LogP contribution is -2.34. The molecule has 3 heteroatoms. The van der Waals surface area contributed by atoms with Crippen LogP contribution in [-0.2, 0) is 0 Å². The molecule has 1 aromatic rings. The molecule has 0 radical (unpaired) electrons. The van der Waals surface area contributed by atoms with Crippen molar-refractivity contribution in [2.24, 2.45) is 0 Å². The molecule has 0 bridgehead atoms. The number of nitrogens with one attached hydrogen (secondary N) is 1. The van der Waals surface area contributed by atoms with Crippen molar-refractivity contribution in [1.82, 2.24) is 5.43 Å². The van der Waals surface area contributed by atoms with Gasteiger partial charge < -0.3 is 5.01 Å². The fourth-order valence-corrected chi connectivity index (χ4v) is 1.30.